The summed E-state index contributed by atoms with van der Waals surface area (Å²) in [5, 5.41) is 13.5. The second-order valence-corrected chi connectivity index (χ2v) is 4.40. The number of aromatic carboxylic acids is 1. The van der Waals surface area contributed by atoms with Crippen molar-refractivity contribution in [2.24, 2.45) is 0 Å². The van der Waals surface area contributed by atoms with Crippen LogP contribution >= 0.6 is 0 Å². The quantitative estimate of drug-likeness (QED) is 0.879. The molecule has 0 radical (unpaired) electrons. The zero-order valence-electron chi connectivity index (χ0n) is 11.7. The number of carbonyl (C=O) groups is 1. The van der Waals surface area contributed by atoms with E-state index in [1.807, 2.05) is 38.1 Å². The molecule has 0 aliphatic carbocycles. The zero-order valence-corrected chi connectivity index (χ0v) is 11.7. The molecule has 1 aromatic heterocycles. The molecule has 0 saturated carbocycles. The molecule has 1 aromatic carbocycles. The van der Waals surface area contributed by atoms with Crippen LogP contribution in [0.4, 0.5) is 0 Å². The Labute approximate surface area is 117 Å². The maximum Gasteiger partial charge on any atom is 0.354 e. The zero-order chi connectivity index (χ0) is 14.5. The second kappa shape index (κ2) is 6.23. The molecule has 0 amide bonds. The van der Waals surface area contributed by atoms with Crippen molar-refractivity contribution in [2.45, 2.75) is 26.8 Å². The van der Waals surface area contributed by atoms with Crippen LogP contribution in [0.25, 0.3) is 11.3 Å². The van der Waals surface area contributed by atoms with E-state index in [2.05, 4.69) is 5.10 Å². The van der Waals surface area contributed by atoms with Gasteiger partial charge in [0.25, 0.3) is 0 Å². The van der Waals surface area contributed by atoms with Crippen LogP contribution in [0.3, 0.4) is 0 Å². The summed E-state index contributed by atoms with van der Waals surface area (Å²) in [6.45, 7) is 5.13. The molecule has 106 valence electrons. The third kappa shape index (κ3) is 2.99. The van der Waals surface area contributed by atoms with E-state index in [0.717, 1.165) is 17.7 Å². The van der Waals surface area contributed by atoms with Crippen molar-refractivity contribution in [3.8, 4) is 17.0 Å². The fourth-order valence-corrected chi connectivity index (χ4v) is 2.00. The first-order chi connectivity index (χ1) is 9.65. The summed E-state index contributed by atoms with van der Waals surface area (Å²) in [6.07, 6.45) is 0.838. The van der Waals surface area contributed by atoms with Crippen molar-refractivity contribution < 1.29 is 14.6 Å². The van der Waals surface area contributed by atoms with E-state index in [1.54, 1.807) is 6.07 Å². The normalized spacial score (nSPS) is 10.5. The molecule has 1 N–H and O–H groups in total. The molecular formula is C15H18N2O3. The first-order valence-corrected chi connectivity index (χ1v) is 6.70. The number of benzene rings is 1. The van der Waals surface area contributed by atoms with E-state index < -0.39 is 5.97 Å². The molecule has 5 heteroatoms. The van der Waals surface area contributed by atoms with Crippen LogP contribution in [0.5, 0.6) is 5.75 Å². The number of hydrogen-bond donors (Lipinski definition) is 1. The summed E-state index contributed by atoms with van der Waals surface area (Å²) in [4.78, 5) is 11.2. The molecule has 1 heterocycles. The molecule has 0 spiro atoms. The lowest BCUT2D eigenvalue weighted by molar-refractivity contribution is 0.0683. The topological polar surface area (TPSA) is 64.4 Å². The SMILES string of the molecule is CCCn1nc(-c2ccc(OCC)cc2)cc1C(=O)O. The monoisotopic (exact) mass is 274 g/mol. The number of aromatic nitrogens is 2. The number of hydrogen-bond acceptors (Lipinski definition) is 3. The van der Waals surface area contributed by atoms with Gasteiger partial charge in [0.05, 0.1) is 12.3 Å². The molecule has 0 saturated heterocycles. The average Bonchev–Trinajstić information content (AvgIpc) is 2.85. The fraction of sp³-hybridized carbons (Fsp3) is 0.333. The van der Waals surface area contributed by atoms with E-state index >= 15 is 0 Å². The highest BCUT2D eigenvalue weighted by Gasteiger charge is 2.14. The van der Waals surface area contributed by atoms with Gasteiger partial charge < -0.3 is 9.84 Å². The molecule has 0 aliphatic heterocycles. The summed E-state index contributed by atoms with van der Waals surface area (Å²) in [5.41, 5.74) is 1.76. The predicted molar refractivity (Wildman–Crippen MR) is 76.1 cm³/mol. The van der Waals surface area contributed by atoms with Crippen molar-refractivity contribution in [3.05, 3.63) is 36.0 Å². The number of rotatable bonds is 6. The third-order valence-corrected chi connectivity index (χ3v) is 2.90. The summed E-state index contributed by atoms with van der Waals surface area (Å²) in [7, 11) is 0. The smallest absolute Gasteiger partial charge is 0.354 e. The minimum Gasteiger partial charge on any atom is -0.494 e. The van der Waals surface area contributed by atoms with Crippen LogP contribution in [0, 0.1) is 0 Å². The Balaban J connectivity index is 2.32. The lowest BCUT2D eigenvalue weighted by atomic mass is 10.1. The van der Waals surface area contributed by atoms with Crippen molar-refractivity contribution in [2.75, 3.05) is 6.61 Å². The molecule has 0 fully saturated rings. The molecule has 0 atom stereocenters. The van der Waals surface area contributed by atoms with Crippen LogP contribution in [-0.4, -0.2) is 27.5 Å². The Kier molecular flexibility index (Phi) is 4.40. The van der Waals surface area contributed by atoms with Gasteiger partial charge in [-0.3, -0.25) is 4.68 Å². The fourth-order valence-electron chi connectivity index (χ4n) is 2.00. The van der Waals surface area contributed by atoms with E-state index in [9.17, 15) is 9.90 Å². The molecule has 20 heavy (non-hydrogen) atoms. The number of carboxylic acid groups (broad SMARTS) is 1. The van der Waals surface area contributed by atoms with Gasteiger partial charge in [-0.15, -0.1) is 0 Å². The van der Waals surface area contributed by atoms with Crippen molar-refractivity contribution in [3.63, 3.8) is 0 Å². The molecular weight excluding hydrogens is 256 g/mol. The number of ether oxygens (including phenoxy) is 1. The van der Waals surface area contributed by atoms with Crippen molar-refractivity contribution in [1.29, 1.82) is 0 Å². The maximum atomic E-state index is 11.2. The van der Waals surface area contributed by atoms with E-state index in [4.69, 9.17) is 4.74 Å². The van der Waals surface area contributed by atoms with Gasteiger partial charge >= 0.3 is 5.97 Å². The molecule has 2 rings (SSSR count). The van der Waals surface area contributed by atoms with Gasteiger partial charge in [0.1, 0.15) is 11.4 Å². The average molecular weight is 274 g/mol. The maximum absolute atomic E-state index is 11.2. The molecule has 0 unspecified atom stereocenters. The van der Waals surface area contributed by atoms with Crippen LogP contribution < -0.4 is 4.74 Å². The lowest BCUT2D eigenvalue weighted by Gasteiger charge is -2.03. The van der Waals surface area contributed by atoms with Gasteiger partial charge in [-0.05, 0) is 43.7 Å². The highest BCUT2D eigenvalue weighted by Crippen LogP contribution is 2.22. The van der Waals surface area contributed by atoms with Gasteiger partial charge in [-0.25, -0.2) is 4.79 Å². The number of aryl methyl sites for hydroxylation is 1. The largest absolute Gasteiger partial charge is 0.494 e. The Bertz CT molecular complexity index is 588. The van der Waals surface area contributed by atoms with Gasteiger partial charge in [-0.1, -0.05) is 6.92 Å². The molecule has 5 nitrogen and oxygen atoms in total. The molecule has 2 aromatic rings. The standard InChI is InChI=1S/C15H18N2O3/c1-3-9-17-14(15(18)19)10-13(16-17)11-5-7-12(8-6-11)20-4-2/h5-8,10H,3-4,9H2,1-2H3,(H,18,19). The lowest BCUT2D eigenvalue weighted by Crippen LogP contribution is -2.09. The first-order valence-electron chi connectivity index (χ1n) is 6.70. The highest BCUT2D eigenvalue weighted by molar-refractivity contribution is 5.87. The van der Waals surface area contributed by atoms with Crippen molar-refractivity contribution in [1.82, 2.24) is 9.78 Å². The van der Waals surface area contributed by atoms with Crippen LogP contribution in [0.2, 0.25) is 0 Å². The van der Waals surface area contributed by atoms with Crippen LogP contribution in [-0.2, 0) is 6.54 Å². The number of nitrogens with zero attached hydrogens (tertiary/aromatic N) is 2. The van der Waals surface area contributed by atoms with Gasteiger partial charge in [0, 0.05) is 12.1 Å². The Hall–Kier alpha value is -2.30. The van der Waals surface area contributed by atoms with Crippen LogP contribution in [0.15, 0.2) is 30.3 Å². The summed E-state index contributed by atoms with van der Waals surface area (Å²) in [5.74, 6) is -0.161. The summed E-state index contributed by atoms with van der Waals surface area (Å²) < 4.78 is 6.92. The minimum absolute atomic E-state index is 0.218. The van der Waals surface area contributed by atoms with Gasteiger partial charge in [0.2, 0.25) is 0 Å². The van der Waals surface area contributed by atoms with Crippen molar-refractivity contribution >= 4 is 5.97 Å². The third-order valence-electron chi connectivity index (χ3n) is 2.90. The summed E-state index contributed by atoms with van der Waals surface area (Å²) >= 11 is 0. The minimum atomic E-state index is -0.955. The Morgan fingerprint density at radius 3 is 2.55 bits per heavy atom. The van der Waals surface area contributed by atoms with E-state index in [0.29, 0.717) is 18.8 Å². The van der Waals surface area contributed by atoms with E-state index in [1.165, 1.54) is 4.68 Å². The highest BCUT2D eigenvalue weighted by atomic mass is 16.5. The Morgan fingerprint density at radius 2 is 2.00 bits per heavy atom. The molecule has 0 bridgehead atoms. The van der Waals surface area contributed by atoms with Gasteiger partial charge in [0.15, 0.2) is 0 Å². The first kappa shape index (κ1) is 14.1. The predicted octanol–water partition coefficient (Wildman–Crippen LogP) is 3.06. The molecule has 0 aliphatic rings. The Morgan fingerprint density at radius 1 is 1.30 bits per heavy atom. The number of carboxylic acids is 1. The van der Waals surface area contributed by atoms with E-state index in [-0.39, 0.29) is 5.69 Å². The second-order valence-electron chi connectivity index (χ2n) is 4.40. The van der Waals surface area contributed by atoms with Crippen LogP contribution in [0.1, 0.15) is 30.8 Å². The summed E-state index contributed by atoms with van der Waals surface area (Å²) in [6, 6.07) is 9.09. The van der Waals surface area contributed by atoms with Gasteiger partial charge in [-0.2, -0.15) is 5.10 Å².